The summed E-state index contributed by atoms with van der Waals surface area (Å²) in [6.45, 7) is 6.10. The van der Waals surface area contributed by atoms with Crippen molar-refractivity contribution in [2.75, 3.05) is 0 Å². The largest absolute Gasteiger partial charge is 0.508 e. The maximum atomic E-state index is 12.0. The molecule has 1 aliphatic carbocycles. The average molecular weight is 513 g/mol. The van der Waals surface area contributed by atoms with Crippen LogP contribution in [0.2, 0.25) is 0 Å². The van der Waals surface area contributed by atoms with Crippen LogP contribution in [-0.2, 0) is 16.1 Å². The first-order chi connectivity index (χ1) is 11.6. The van der Waals surface area contributed by atoms with Crippen molar-refractivity contribution in [3.63, 3.8) is 0 Å². The minimum atomic E-state index is -0.693. The zero-order chi connectivity index (χ0) is 18.8. The van der Waals surface area contributed by atoms with Crippen molar-refractivity contribution in [2.45, 2.75) is 33.5 Å². The van der Waals surface area contributed by atoms with Crippen molar-refractivity contribution in [3.8, 4) is 0 Å². The molecule has 1 aromatic carbocycles. The van der Waals surface area contributed by atoms with Crippen LogP contribution in [0.3, 0.4) is 0 Å². The van der Waals surface area contributed by atoms with Crippen LogP contribution >= 0.6 is 55.1 Å². The number of carbonyl (C=O) groups is 1. The number of hydrogen-bond acceptors (Lipinski definition) is 3. The first-order valence-electron chi connectivity index (χ1n) is 7.60. The van der Waals surface area contributed by atoms with Crippen LogP contribution in [0.25, 0.3) is 6.08 Å². The van der Waals surface area contributed by atoms with E-state index < -0.39 is 6.16 Å². The highest BCUT2D eigenvalue weighted by molar-refractivity contribution is 9.28. The van der Waals surface area contributed by atoms with Crippen molar-refractivity contribution in [3.05, 3.63) is 48.8 Å². The zero-order valence-electron chi connectivity index (χ0n) is 14.0. The van der Waals surface area contributed by atoms with E-state index in [1.165, 1.54) is 0 Å². The van der Waals surface area contributed by atoms with E-state index in [4.69, 9.17) is 32.7 Å². The van der Waals surface area contributed by atoms with E-state index in [1.807, 2.05) is 45.0 Å². The van der Waals surface area contributed by atoms with E-state index in [9.17, 15) is 4.79 Å². The summed E-state index contributed by atoms with van der Waals surface area (Å²) in [5.41, 5.74) is 2.79. The summed E-state index contributed by atoms with van der Waals surface area (Å²) in [6.07, 6.45) is 2.66. The Morgan fingerprint density at radius 1 is 1.32 bits per heavy atom. The third-order valence-corrected chi connectivity index (χ3v) is 5.15. The van der Waals surface area contributed by atoms with Crippen LogP contribution in [0.4, 0.5) is 4.79 Å². The molecule has 2 rings (SSSR count). The Hall–Kier alpha value is -0.490. The molecule has 7 heteroatoms. The Morgan fingerprint density at radius 3 is 2.60 bits per heavy atom. The minimum absolute atomic E-state index is 0.00321. The van der Waals surface area contributed by atoms with Crippen molar-refractivity contribution >= 4 is 67.3 Å². The standard InChI is InChI=1S/C18H18Br2Cl2O3/c1-10-11(7-14(19)20)5-4-6-12(10)9-24-17(23)25-16-13(8-15(21)22)18(16,2)3/h4-8,13,16H,9H2,1-3H3/t13-,16+/m0/s1. The molecule has 0 saturated heterocycles. The zero-order valence-corrected chi connectivity index (χ0v) is 18.7. The Morgan fingerprint density at radius 2 is 2.00 bits per heavy atom. The highest BCUT2D eigenvalue weighted by Crippen LogP contribution is 2.55. The first kappa shape index (κ1) is 20.8. The fourth-order valence-electron chi connectivity index (χ4n) is 2.70. The first-order valence-corrected chi connectivity index (χ1v) is 9.94. The molecule has 0 aliphatic heterocycles. The molecule has 1 aromatic rings. The normalized spacial score (nSPS) is 20.4. The lowest BCUT2D eigenvalue weighted by Crippen LogP contribution is -2.12. The summed E-state index contributed by atoms with van der Waals surface area (Å²) in [7, 11) is 0. The summed E-state index contributed by atoms with van der Waals surface area (Å²) in [5, 5.41) is 0. The van der Waals surface area contributed by atoms with Crippen LogP contribution in [0.1, 0.15) is 30.5 Å². The quantitative estimate of drug-likeness (QED) is 0.395. The second kappa shape index (κ2) is 8.47. The molecule has 0 spiro atoms. The number of rotatable bonds is 5. The van der Waals surface area contributed by atoms with Gasteiger partial charge in [0.1, 0.15) is 17.2 Å². The number of halogens is 4. The molecule has 2 atom stereocenters. The second-order valence-electron chi connectivity index (χ2n) is 6.45. The van der Waals surface area contributed by atoms with Crippen LogP contribution in [0.5, 0.6) is 0 Å². The molecule has 0 radical (unpaired) electrons. The van der Waals surface area contributed by atoms with Crippen molar-refractivity contribution in [1.29, 1.82) is 0 Å². The van der Waals surface area contributed by atoms with Gasteiger partial charge in [0.15, 0.2) is 0 Å². The van der Waals surface area contributed by atoms with E-state index in [1.54, 1.807) is 6.08 Å². The van der Waals surface area contributed by atoms with Crippen molar-refractivity contribution in [2.24, 2.45) is 11.3 Å². The molecule has 0 unspecified atom stereocenters. The molecular formula is C18H18Br2Cl2O3. The van der Waals surface area contributed by atoms with Gasteiger partial charge < -0.3 is 9.47 Å². The van der Waals surface area contributed by atoms with Gasteiger partial charge in [-0.25, -0.2) is 4.79 Å². The Balaban J connectivity index is 1.96. The summed E-state index contributed by atoms with van der Waals surface area (Å²) >= 11 is 18.1. The van der Waals surface area contributed by atoms with Gasteiger partial charge in [0.05, 0.1) is 3.39 Å². The van der Waals surface area contributed by atoms with Gasteiger partial charge in [0, 0.05) is 11.3 Å². The smallest absolute Gasteiger partial charge is 0.430 e. The average Bonchev–Trinajstić information content (AvgIpc) is 2.98. The molecule has 0 aromatic heterocycles. The maximum absolute atomic E-state index is 12.0. The number of carbonyl (C=O) groups excluding carboxylic acids is 1. The van der Waals surface area contributed by atoms with Crippen molar-refractivity contribution < 1.29 is 14.3 Å². The topological polar surface area (TPSA) is 35.5 Å². The van der Waals surface area contributed by atoms with Gasteiger partial charge in [-0.15, -0.1) is 0 Å². The fraction of sp³-hybridized carbons (Fsp3) is 0.389. The monoisotopic (exact) mass is 510 g/mol. The molecule has 0 bridgehead atoms. The number of benzene rings is 1. The van der Waals surface area contributed by atoms with Crippen LogP contribution in [0, 0.1) is 18.3 Å². The van der Waals surface area contributed by atoms with E-state index in [-0.39, 0.29) is 28.5 Å². The third kappa shape index (κ3) is 5.49. The van der Waals surface area contributed by atoms with E-state index in [2.05, 4.69) is 31.9 Å². The van der Waals surface area contributed by atoms with Crippen molar-refractivity contribution in [1.82, 2.24) is 0 Å². The summed E-state index contributed by atoms with van der Waals surface area (Å²) < 4.78 is 11.7. The molecule has 1 fully saturated rings. The van der Waals surface area contributed by atoms with E-state index >= 15 is 0 Å². The molecule has 0 N–H and O–H groups in total. The van der Waals surface area contributed by atoms with Gasteiger partial charge in [0.2, 0.25) is 0 Å². The highest BCUT2D eigenvalue weighted by Gasteiger charge is 2.60. The lowest BCUT2D eigenvalue weighted by Gasteiger charge is -2.11. The molecule has 1 saturated carbocycles. The summed E-state index contributed by atoms with van der Waals surface area (Å²) in [5.74, 6) is -0.00321. The van der Waals surface area contributed by atoms with Gasteiger partial charge >= 0.3 is 6.16 Å². The Kier molecular flexibility index (Phi) is 7.05. The predicted octanol–water partition coefficient (Wildman–Crippen LogP) is 7.08. The maximum Gasteiger partial charge on any atom is 0.508 e. The van der Waals surface area contributed by atoms with Crippen LogP contribution < -0.4 is 0 Å². The van der Waals surface area contributed by atoms with Gasteiger partial charge in [-0.1, -0.05) is 55.2 Å². The molecule has 136 valence electrons. The second-order valence-corrected chi connectivity index (χ2v) is 10.2. The fourth-order valence-corrected chi connectivity index (χ4v) is 3.47. The van der Waals surface area contributed by atoms with E-state index in [0.29, 0.717) is 0 Å². The van der Waals surface area contributed by atoms with Crippen LogP contribution in [0.15, 0.2) is 32.2 Å². The molecular weight excluding hydrogens is 495 g/mol. The van der Waals surface area contributed by atoms with Gasteiger partial charge in [0.25, 0.3) is 0 Å². The van der Waals surface area contributed by atoms with Crippen LogP contribution in [-0.4, -0.2) is 12.3 Å². The Labute approximate surface area is 174 Å². The molecule has 0 amide bonds. The number of hydrogen-bond donors (Lipinski definition) is 0. The molecule has 25 heavy (non-hydrogen) atoms. The molecule has 1 aliphatic rings. The minimum Gasteiger partial charge on any atom is -0.430 e. The third-order valence-electron chi connectivity index (χ3n) is 4.44. The Bertz CT molecular complexity index is 721. The van der Waals surface area contributed by atoms with E-state index in [0.717, 1.165) is 20.1 Å². The summed E-state index contributed by atoms with van der Waals surface area (Å²) in [6, 6.07) is 5.82. The lowest BCUT2D eigenvalue weighted by molar-refractivity contribution is 0.0355. The summed E-state index contributed by atoms with van der Waals surface area (Å²) in [4.78, 5) is 12.0. The number of ether oxygens (including phenoxy) is 2. The van der Waals surface area contributed by atoms with Gasteiger partial charge in [-0.05, 0) is 67.6 Å². The predicted molar refractivity (Wildman–Crippen MR) is 109 cm³/mol. The van der Waals surface area contributed by atoms with Gasteiger partial charge in [-0.2, -0.15) is 0 Å². The van der Waals surface area contributed by atoms with Gasteiger partial charge in [-0.3, -0.25) is 0 Å². The highest BCUT2D eigenvalue weighted by atomic mass is 79.9. The SMILES string of the molecule is Cc1c(C=C(Br)Br)cccc1COC(=O)O[C@@H]1[C@H](C=C(Cl)Cl)C1(C)C. The lowest BCUT2D eigenvalue weighted by atomic mass is 10.0. The molecule has 3 nitrogen and oxygen atoms in total. The molecule has 0 heterocycles.